The molecule has 0 amide bonds. The van der Waals surface area contributed by atoms with E-state index in [1.807, 2.05) is 31.6 Å². The predicted octanol–water partition coefficient (Wildman–Crippen LogP) is 4.55. The molecule has 5 heterocycles. The van der Waals surface area contributed by atoms with Crippen molar-refractivity contribution in [2.75, 3.05) is 18.4 Å². The highest BCUT2D eigenvalue weighted by atomic mass is 15.1. The number of nitrogens with one attached hydrogen (secondary N) is 3. The van der Waals surface area contributed by atoms with Crippen LogP contribution in [0.5, 0.6) is 0 Å². The molecule has 1 atom stereocenters. The molecule has 0 radical (unpaired) electrons. The number of nitrogens with zero attached hydrogens (tertiary/aromatic N) is 4. The van der Waals surface area contributed by atoms with Crippen LogP contribution in [0.25, 0.3) is 33.3 Å². The van der Waals surface area contributed by atoms with Crippen molar-refractivity contribution in [1.82, 2.24) is 30.2 Å². The number of pyridine rings is 2. The van der Waals surface area contributed by atoms with Crippen molar-refractivity contribution in [3.8, 4) is 11.4 Å². The van der Waals surface area contributed by atoms with Crippen LogP contribution in [-0.4, -0.2) is 44.1 Å². The summed E-state index contributed by atoms with van der Waals surface area (Å²) in [6.45, 7) is 8.69. The number of piperidine rings is 1. The lowest BCUT2D eigenvalue weighted by molar-refractivity contribution is 0.236. The minimum atomic E-state index is 0.129. The zero-order chi connectivity index (χ0) is 21.9. The van der Waals surface area contributed by atoms with Crippen molar-refractivity contribution in [3.63, 3.8) is 0 Å². The Kier molecular flexibility index (Phi) is 4.43. The van der Waals surface area contributed by atoms with Crippen LogP contribution in [0.3, 0.4) is 0 Å². The van der Waals surface area contributed by atoms with E-state index in [9.17, 15) is 0 Å². The van der Waals surface area contributed by atoms with Crippen LogP contribution in [0.4, 0.5) is 5.82 Å². The van der Waals surface area contributed by atoms with Crippen LogP contribution in [0.2, 0.25) is 0 Å². The van der Waals surface area contributed by atoms with Gasteiger partial charge in [0.15, 0.2) is 5.82 Å². The second-order valence-corrected chi connectivity index (χ2v) is 10.0. The Labute approximate surface area is 187 Å². The summed E-state index contributed by atoms with van der Waals surface area (Å²) in [4.78, 5) is 22.5. The maximum absolute atomic E-state index is 5.15. The van der Waals surface area contributed by atoms with Gasteiger partial charge in [-0.25, -0.2) is 15.0 Å². The third kappa shape index (κ3) is 3.32. The maximum atomic E-state index is 5.15. The predicted molar refractivity (Wildman–Crippen MR) is 128 cm³/mol. The van der Waals surface area contributed by atoms with Gasteiger partial charge < -0.3 is 15.6 Å². The standard InChI is InChI=1S/C25H29N7/c1-14-10-17-16(6-9-28-22(17)29-14)23-30-19-12-27-11-18(15-4-5-15)21(19)24(32-23)31-20-7-8-26-13-25(20,2)3/h6,9-12,15,20,26H,4-5,7-8,13H2,1-3H3,(H,28,29)(H,30,31,32)/t20-/m1/s1. The fourth-order valence-electron chi connectivity index (χ4n) is 4.99. The molecule has 0 bridgehead atoms. The van der Waals surface area contributed by atoms with E-state index >= 15 is 0 Å². The van der Waals surface area contributed by atoms with Crippen LogP contribution in [0.1, 0.15) is 50.3 Å². The van der Waals surface area contributed by atoms with E-state index in [-0.39, 0.29) is 5.41 Å². The van der Waals surface area contributed by atoms with Crippen LogP contribution < -0.4 is 10.6 Å². The van der Waals surface area contributed by atoms with Crippen LogP contribution >= 0.6 is 0 Å². The van der Waals surface area contributed by atoms with E-state index in [1.165, 1.54) is 18.4 Å². The Hall–Kier alpha value is -3.06. The van der Waals surface area contributed by atoms with Gasteiger partial charge in [0, 0.05) is 47.0 Å². The van der Waals surface area contributed by atoms with Crippen molar-refractivity contribution in [2.24, 2.45) is 5.41 Å². The molecule has 4 aromatic rings. The second-order valence-electron chi connectivity index (χ2n) is 10.0. The van der Waals surface area contributed by atoms with Gasteiger partial charge in [-0.15, -0.1) is 0 Å². The SMILES string of the molecule is Cc1cc2c(-c3nc(N[C@@H]4CCNCC4(C)C)c4c(C5CC5)cncc4n3)ccnc2[nH]1. The largest absolute Gasteiger partial charge is 0.366 e. The molecule has 1 aliphatic carbocycles. The third-order valence-corrected chi connectivity index (χ3v) is 7.01. The summed E-state index contributed by atoms with van der Waals surface area (Å²) in [6.07, 6.45) is 9.22. The van der Waals surface area contributed by atoms with Crippen LogP contribution in [-0.2, 0) is 0 Å². The zero-order valence-electron chi connectivity index (χ0n) is 18.9. The van der Waals surface area contributed by atoms with E-state index in [2.05, 4.69) is 45.5 Å². The number of rotatable bonds is 4. The minimum Gasteiger partial charge on any atom is -0.366 e. The summed E-state index contributed by atoms with van der Waals surface area (Å²) in [6, 6.07) is 4.46. The van der Waals surface area contributed by atoms with Gasteiger partial charge in [-0.3, -0.25) is 4.98 Å². The number of aromatic nitrogens is 5. The maximum Gasteiger partial charge on any atom is 0.163 e. The lowest BCUT2D eigenvalue weighted by Gasteiger charge is -2.40. The first-order chi connectivity index (χ1) is 15.5. The first-order valence-corrected chi connectivity index (χ1v) is 11.6. The van der Waals surface area contributed by atoms with Crippen molar-refractivity contribution < 1.29 is 0 Å². The molecule has 7 nitrogen and oxygen atoms in total. The van der Waals surface area contributed by atoms with E-state index in [0.717, 1.165) is 58.5 Å². The number of anilines is 1. The molecular weight excluding hydrogens is 398 g/mol. The first-order valence-electron chi connectivity index (χ1n) is 11.6. The molecule has 4 aromatic heterocycles. The number of aryl methyl sites for hydroxylation is 1. The molecule has 7 heteroatoms. The highest BCUT2D eigenvalue weighted by Gasteiger charge is 2.34. The summed E-state index contributed by atoms with van der Waals surface area (Å²) in [5.41, 5.74) is 5.25. The van der Waals surface area contributed by atoms with Crippen molar-refractivity contribution in [1.29, 1.82) is 0 Å². The minimum absolute atomic E-state index is 0.129. The number of hydrogen-bond acceptors (Lipinski definition) is 6. The fraction of sp³-hybridized carbons (Fsp3) is 0.440. The molecule has 0 aromatic carbocycles. The quantitative estimate of drug-likeness (QED) is 0.442. The molecule has 2 aliphatic rings. The molecule has 2 fully saturated rings. The van der Waals surface area contributed by atoms with Gasteiger partial charge in [-0.1, -0.05) is 13.8 Å². The van der Waals surface area contributed by atoms with E-state index < -0.39 is 0 Å². The van der Waals surface area contributed by atoms with Gasteiger partial charge >= 0.3 is 0 Å². The molecule has 1 saturated carbocycles. The Morgan fingerprint density at radius 3 is 2.81 bits per heavy atom. The van der Waals surface area contributed by atoms with Gasteiger partial charge in [0.25, 0.3) is 0 Å². The van der Waals surface area contributed by atoms with Gasteiger partial charge in [-0.2, -0.15) is 0 Å². The highest BCUT2D eigenvalue weighted by Crippen LogP contribution is 2.45. The van der Waals surface area contributed by atoms with E-state index in [0.29, 0.717) is 17.8 Å². The van der Waals surface area contributed by atoms with Crippen LogP contribution in [0.15, 0.2) is 30.7 Å². The van der Waals surface area contributed by atoms with Crippen molar-refractivity contribution in [2.45, 2.75) is 52.0 Å². The Morgan fingerprint density at radius 1 is 1.12 bits per heavy atom. The average Bonchev–Trinajstić information content (AvgIpc) is 3.54. The van der Waals surface area contributed by atoms with Gasteiger partial charge in [0.1, 0.15) is 11.5 Å². The van der Waals surface area contributed by atoms with Gasteiger partial charge in [-0.05, 0) is 61.8 Å². The molecule has 1 saturated heterocycles. The number of aromatic amines is 1. The summed E-state index contributed by atoms with van der Waals surface area (Å²) < 4.78 is 0. The molecule has 32 heavy (non-hydrogen) atoms. The Morgan fingerprint density at radius 2 is 2.00 bits per heavy atom. The zero-order valence-corrected chi connectivity index (χ0v) is 18.9. The molecular formula is C25H29N7. The lowest BCUT2D eigenvalue weighted by atomic mass is 9.80. The van der Waals surface area contributed by atoms with Gasteiger partial charge in [0.2, 0.25) is 0 Å². The average molecular weight is 428 g/mol. The molecule has 164 valence electrons. The lowest BCUT2D eigenvalue weighted by Crippen LogP contribution is -2.49. The van der Waals surface area contributed by atoms with E-state index in [1.54, 1.807) is 0 Å². The Bertz CT molecular complexity index is 1320. The first kappa shape index (κ1) is 19.6. The third-order valence-electron chi connectivity index (χ3n) is 7.01. The highest BCUT2D eigenvalue weighted by molar-refractivity contribution is 5.97. The number of hydrogen-bond donors (Lipinski definition) is 3. The summed E-state index contributed by atoms with van der Waals surface area (Å²) in [5.74, 6) is 2.22. The normalized spacial score (nSPS) is 20.7. The van der Waals surface area contributed by atoms with Crippen LogP contribution in [0, 0.1) is 12.3 Å². The summed E-state index contributed by atoms with van der Waals surface area (Å²) in [7, 11) is 0. The molecule has 0 spiro atoms. The smallest absolute Gasteiger partial charge is 0.163 e. The Balaban J connectivity index is 1.55. The summed E-state index contributed by atoms with van der Waals surface area (Å²) >= 11 is 0. The topological polar surface area (TPSA) is 91.4 Å². The number of fused-ring (bicyclic) bond motifs is 2. The number of H-pyrrole nitrogens is 1. The van der Waals surface area contributed by atoms with Gasteiger partial charge in [0.05, 0.1) is 11.7 Å². The summed E-state index contributed by atoms with van der Waals surface area (Å²) in [5, 5.41) is 9.57. The molecule has 0 unspecified atom stereocenters. The van der Waals surface area contributed by atoms with E-state index in [4.69, 9.17) is 9.97 Å². The fourth-order valence-corrected chi connectivity index (χ4v) is 4.99. The molecule has 3 N–H and O–H groups in total. The van der Waals surface area contributed by atoms with Crippen molar-refractivity contribution >= 4 is 27.8 Å². The molecule has 1 aliphatic heterocycles. The van der Waals surface area contributed by atoms with Crippen molar-refractivity contribution in [3.05, 3.63) is 42.0 Å². The second kappa shape index (κ2) is 7.24. The monoisotopic (exact) mass is 427 g/mol. The molecule has 6 rings (SSSR count).